The summed E-state index contributed by atoms with van der Waals surface area (Å²) in [5.74, 6) is 1.65. The van der Waals surface area contributed by atoms with Gasteiger partial charge in [-0.3, -0.25) is 0 Å². The number of halogens is 4. The molecule has 0 bridgehead atoms. The van der Waals surface area contributed by atoms with E-state index in [2.05, 4.69) is 73.7 Å². The standard InChI is InChI=1S/C20H10Br4N4.C16H32O8/c21-11-5-6-12(22)16-15(11)25-19(26-16)9-1-2-10(4-3-9)20-27-17-13(23)7-8-14(24)18(17)28-20;1-2-18-5-6-20-9-10-22-13-14-24-16-15-23-12-11-21-8-7-19-4-3-17-1/h1-8H,(H,25,26)(H,27,28);1-16H2. The van der Waals surface area contributed by atoms with Crippen LogP contribution in [0.4, 0.5) is 0 Å². The Bertz CT molecular complexity index is 1500. The van der Waals surface area contributed by atoms with Gasteiger partial charge in [-0.25, -0.2) is 9.97 Å². The van der Waals surface area contributed by atoms with Crippen LogP contribution in [0.2, 0.25) is 0 Å². The first-order valence-corrected chi connectivity index (χ1v) is 20.1. The Morgan fingerprint density at radius 2 is 0.577 bits per heavy atom. The maximum atomic E-state index is 5.39. The van der Waals surface area contributed by atoms with Gasteiger partial charge >= 0.3 is 0 Å². The SMILES string of the molecule is Brc1ccc(Br)c2[nH]c(-c3ccc(-c4nc5c(Br)ccc(Br)c5[nH]4)cc3)nc12.C1COCCOCCOCCOCCOCCOCCOCCO1. The predicted molar refractivity (Wildman–Crippen MR) is 214 cm³/mol. The van der Waals surface area contributed by atoms with Crippen LogP contribution in [0.5, 0.6) is 0 Å². The summed E-state index contributed by atoms with van der Waals surface area (Å²) in [5, 5.41) is 0. The van der Waals surface area contributed by atoms with E-state index in [0.29, 0.717) is 106 Å². The van der Waals surface area contributed by atoms with Crippen molar-refractivity contribution < 1.29 is 37.9 Å². The first-order valence-electron chi connectivity index (χ1n) is 16.9. The molecule has 0 amide bonds. The molecule has 3 heterocycles. The maximum Gasteiger partial charge on any atom is 0.138 e. The molecule has 52 heavy (non-hydrogen) atoms. The zero-order chi connectivity index (χ0) is 36.4. The number of fused-ring (bicyclic) bond motifs is 2. The van der Waals surface area contributed by atoms with Gasteiger partial charge in [0.25, 0.3) is 0 Å². The maximum absolute atomic E-state index is 5.39. The fourth-order valence-electron chi connectivity index (χ4n) is 4.87. The number of ether oxygens (including phenoxy) is 8. The normalized spacial score (nSPS) is 17.3. The molecular formula is C36H42Br4N4O8. The number of nitrogens with zero attached hydrogens (tertiary/aromatic N) is 2. The van der Waals surface area contributed by atoms with E-state index in [0.717, 1.165) is 62.7 Å². The van der Waals surface area contributed by atoms with Gasteiger partial charge in [0, 0.05) is 29.0 Å². The van der Waals surface area contributed by atoms with Crippen molar-refractivity contribution in [3.63, 3.8) is 0 Å². The Kier molecular flexibility index (Phi) is 18.5. The Labute approximate surface area is 336 Å². The second-order valence-electron chi connectivity index (χ2n) is 11.2. The van der Waals surface area contributed by atoms with Crippen LogP contribution in [0, 0.1) is 0 Å². The van der Waals surface area contributed by atoms with Gasteiger partial charge in [0.2, 0.25) is 0 Å². The minimum atomic E-state index is 0.556. The number of benzene rings is 3. The van der Waals surface area contributed by atoms with Gasteiger partial charge in [-0.05, 0) is 88.0 Å². The van der Waals surface area contributed by atoms with Gasteiger partial charge in [-0.15, -0.1) is 0 Å². The third-order valence-electron chi connectivity index (χ3n) is 7.50. The molecule has 2 aromatic heterocycles. The Morgan fingerprint density at radius 1 is 0.346 bits per heavy atom. The van der Waals surface area contributed by atoms with Crippen molar-refractivity contribution in [3.05, 3.63) is 66.4 Å². The molecule has 6 rings (SSSR count). The Balaban J connectivity index is 0.000000204. The summed E-state index contributed by atoms with van der Waals surface area (Å²) in [6.07, 6.45) is 0. The monoisotopic (exact) mass is 974 g/mol. The Morgan fingerprint density at radius 3 is 0.808 bits per heavy atom. The van der Waals surface area contributed by atoms with Gasteiger partial charge in [0.15, 0.2) is 0 Å². The number of hydrogen-bond donors (Lipinski definition) is 2. The number of imidazole rings is 2. The largest absolute Gasteiger partial charge is 0.377 e. The van der Waals surface area contributed by atoms with E-state index in [1.165, 1.54) is 0 Å². The quantitative estimate of drug-likeness (QED) is 0.180. The molecule has 2 N–H and O–H groups in total. The molecule has 16 heteroatoms. The summed E-state index contributed by atoms with van der Waals surface area (Å²) >= 11 is 14.3. The molecule has 1 saturated heterocycles. The zero-order valence-electron chi connectivity index (χ0n) is 28.6. The van der Waals surface area contributed by atoms with Crippen molar-refractivity contribution >= 4 is 85.8 Å². The van der Waals surface area contributed by atoms with Crippen LogP contribution in [-0.4, -0.2) is 126 Å². The third kappa shape index (κ3) is 13.2. The second kappa shape index (κ2) is 23.2. The highest BCUT2D eigenvalue weighted by Gasteiger charge is 2.13. The number of hydrogen-bond acceptors (Lipinski definition) is 10. The van der Waals surface area contributed by atoms with Crippen molar-refractivity contribution in [2.75, 3.05) is 106 Å². The van der Waals surface area contributed by atoms with Crippen LogP contribution < -0.4 is 0 Å². The highest BCUT2D eigenvalue weighted by Crippen LogP contribution is 2.33. The van der Waals surface area contributed by atoms with Crippen LogP contribution in [0.15, 0.2) is 66.4 Å². The fraction of sp³-hybridized carbons (Fsp3) is 0.444. The van der Waals surface area contributed by atoms with E-state index >= 15 is 0 Å². The van der Waals surface area contributed by atoms with Crippen molar-refractivity contribution in [1.29, 1.82) is 0 Å². The molecule has 1 aliphatic heterocycles. The summed E-state index contributed by atoms with van der Waals surface area (Å²) in [7, 11) is 0. The molecular weight excluding hydrogens is 936 g/mol. The van der Waals surface area contributed by atoms with Crippen molar-refractivity contribution in [2.24, 2.45) is 0 Å². The summed E-state index contributed by atoms with van der Waals surface area (Å²) in [6, 6.07) is 16.1. The fourth-order valence-corrected chi connectivity index (χ4v) is 6.55. The number of nitrogens with one attached hydrogen (secondary N) is 2. The van der Waals surface area contributed by atoms with Gasteiger partial charge in [-0.1, -0.05) is 24.3 Å². The Hall–Kier alpha value is -1.80. The molecule has 1 aliphatic rings. The molecule has 0 aliphatic carbocycles. The van der Waals surface area contributed by atoms with Crippen LogP contribution in [-0.2, 0) is 37.9 Å². The minimum Gasteiger partial charge on any atom is -0.377 e. The smallest absolute Gasteiger partial charge is 0.138 e. The topological polar surface area (TPSA) is 131 Å². The number of aromatic amines is 2. The predicted octanol–water partition coefficient (Wildman–Crippen LogP) is 7.96. The van der Waals surface area contributed by atoms with Gasteiger partial charge in [0.1, 0.15) is 22.7 Å². The molecule has 282 valence electrons. The van der Waals surface area contributed by atoms with Crippen LogP contribution in [0.1, 0.15) is 0 Å². The summed E-state index contributed by atoms with van der Waals surface area (Å²) in [6.45, 7) is 8.89. The number of aromatic nitrogens is 4. The lowest BCUT2D eigenvalue weighted by Crippen LogP contribution is -2.16. The van der Waals surface area contributed by atoms with E-state index in [1.807, 2.05) is 48.5 Å². The first-order chi connectivity index (χ1) is 25.5. The van der Waals surface area contributed by atoms with E-state index < -0.39 is 0 Å². The summed E-state index contributed by atoms with van der Waals surface area (Å²) in [4.78, 5) is 16.3. The minimum absolute atomic E-state index is 0.556. The molecule has 0 unspecified atom stereocenters. The summed E-state index contributed by atoms with van der Waals surface area (Å²) < 4.78 is 47.0. The van der Waals surface area contributed by atoms with Gasteiger partial charge in [-0.2, -0.15) is 0 Å². The van der Waals surface area contributed by atoms with Gasteiger partial charge in [0.05, 0.1) is 117 Å². The second-order valence-corrected chi connectivity index (χ2v) is 14.6. The van der Waals surface area contributed by atoms with E-state index in [4.69, 9.17) is 47.9 Å². The van der Waals surface area contributed by atoms with Crippen LogP contribution >= 0.6 is 63.7 Å². The highest BCUT2D eigenvalue weighted by molar-refractivity contribution is 9.11. The number of rotatable bonds is 2. The summed E-state index contributed by atoms with van der Waals surface area (Å²) in [5.41, 5.74) is 5.77. The van der Waals surface area contributed by atoms with E-state index in [-0.39, 0.29) is 0 Å². The average Bonchev–Trinajstić information content (AvgIpc) is 3.82. The molecule has 0 radical (unpaired) electrons. The first kappa shape index (κ1) is 41.4. The molecule has 5 aromatic rings. The molecule has 3 aromatic carbocycles. The lowest BCUT2D eigenvalue weighted by atomic mass is 10.1. The van der Waals surface area contributed by atoms with Crippen molar-refractivity contribution in [1.82, 2.24) is 19.9 Å². The third-order valence-corrected chi connectivity index (χ3v) is 10.1. The number of H-pyrrole nitrogens is 2. The molecule has 0 atom stereocenters. The van der Waals surface area contributed by atoms with Crippen molar-refractivity contribution in [2.45, 2.75) is 0 Å². The van der Waals surface area contributed by atoms with Gasteiger partial charge < -0.3 is 47.9 Å². The highest BCUT2D eigenvalue weighted by atomic mass is 79.9. The van der Waals surface area contributed by atoms with Crippen LogP contribution in [0.25, 0.3) is 44.8 Å². The van der Waals surface area contributed by atoms with Crippen LogP contribution in [0.3, 0.4) is 0 Å². The van der Waals surface area contributed by atoms with Crippen molar-refractivity contribution in [3.8, 4) is 22.8 Å². The lowest BCUT2D eigenvalue weighted by Gasteiger charge is -2.09. The molecule has 12 nitrogen and oxygen atoms in total. The molecule has 1 fully saturated rings. The lowest BCUT2D eigenvalue weighted by molar-refractivity contribution is -0.0334. The molecule has 0 saturated carbocycles. The zero-order valence-corrected chi connectivity index (χ0v) is 34.9. The van der Waals surface area contributed by atoms with E-state index in [1.54, 1.807) is 0 Å². The molecule has 0 spiro atoms. The van der Waals surface area contributed by atoms with E-state index in [9.17, 15) is 0 Å². The average molecular weight is 978 g/mol.